The Labute approximate surface area is 76.1 Å². The van der Waals surface area contributed by atoms with Crippen LogP contribution in [-0.2, 0) is 13.0 Å². The van der Waals surface area contributed by atoms with Gasteiger partial charge in [-0.05, 0) is 30.2 Å². The second-order valence-electron chi connectivity index (χ2n) is 3.46. The van der Waals surface area contributed by atoms with Crippen LogP contribution in [0.5, 0.6) is 0 Å². The molecule has 2 heterocycles. The molecule has 0 unspecified atom stereocenters. The van der Waals surface area contributed by atoms with Gasteiger partial charge in [-0.2, -0.15) is 5.10 Å². The van der Waals surface area contributed by atoms with E-state index in [-0.39, 0.29) is 0 Å². The molecule has 1 aromatic heterocycles. The highest BCUT2D eigenvalue weighted by atomic mass is 15.1. The molecule has 0 amide bonds. The highest BCUT2D eigenvalue weighted by molar-refractivity contribution is 5.83. The summed E-state index contributed by atoms with van der Waals surface area (Å²) in [6.45, 7) is 2.08. The maximum atomic E-state index is 4.06. The Kier molecular flexibility index (Phi) is 1.40. The van der Waals surface area contributed by atoms with Crippen LogP contribution in [0.3, 0.4) is 0 Å². The normalized spacial score (nSPS) is 16.0. The first-order valence-corrected chi connectivity index (χ1v) is 4.60. The summed E-state index contributed by atoms with van der Waals surface area (Å²) in [5, 5.41) is 11.7. The quantitative estimate of drug-likeness (QED) is 0.628. The van der Waals surface area contributed by atoms with Crippen molar-refractivity contribution in [3.05, 3.63) is 29.5 Å². The second kappa shape index (κ2) is 2.57. The third-order valence-corrected chi connectivity index (χ3v) is 2.70. The summed E-state index contributed by atoms with van der Waals surface area (Å²) in [4.78, 5) is 0. The topological polar surface area (TPSA) is 40.7 Å². The summed E-state index contributed by atoms with van der Waals surface area (Å²) in [6, 6.07) is 4.29. The summed E-state index contributed by atoms with van der Waals surface area (Å²) in [7, 11) is 0. The van der Waals surface area contributed by atoms with Crippen molar-refractivity contribution in [1.29, 1.82) is 0 Å². The molecule has 3 heteroatoms. The van der Waals surface area contributed by atoms with Gasteiger partial charge in [-0.15, -0.1) is 0 Å². The lowest BCUT2D eigenvalue weighted by Crippen LogP contribution is -2.23. The van der Waals surface area contributed by atoms with Gasteiger partial charge in [0.1, 0.15) is 0 Å². The number of aromatic amines is 1. The van der Waals surface area contributed by atoms with Gasteiger partial charge in [-0.1, -0.05) is 6.07 Å². The zero-order chi connectivity index (χ0) is 8.67. The van der Waals surface area contributed by atoms with Crippen molar-refractivity contribution in [2.24, 2.45) is 0 Å². The predicted octanol–water partition coefficient (Wildman–Crippen LogP) is 1.21. The van der Waals surface area contributed by atoms with E-state index in [4.69, 9.17) is 0 Å². The smallest absolute Gasteiger partial charge is 0.0653 e. The van der Waals surface area contributed by atoms with Crippen molar-refractivity contribution in [1.82, 2.24) is 15.5 Å². The van der Waals surface area contributed by atoms with Gasteiger partial charge in [0.2, 0.25) is 0 Å². The largest absolute Gasteiger partial charge is 0.312 e. The van der Waals surface area contributed by atoms with Crippen LogP contribution >= 0.6 is 0 Å². The molecule has 0 radical (unpaired) electrons. The number of hydrogen-bond acceptors (Lipinski definition) is 2. The summed E-state index contributed by atoms with van der Waals surface area (Å²) in [5.41, 5.74) is 4.03. The van der Waals surface area contributed by atoms with Crippen LogP contribution < -0.4 is 5.32 Å². The molecule has 2 N–H and O–H groups in total. The van der Waals surface area contributed by atoms with Crippen LogP contribution in [0.25, 0.3) is 10.9 Å². The van der Waals surface area contributed by atoms with Crippen LogP contribution in [0.4, 0.5) is 0 Å². The van der Waals surface area contributed by atoms with Gasteiger partial charge in [-0.25, -0.2) is 0 Å². The van der Waals surface area contributed by atoms with Crippen LogP contribution in [0.15, 0.2) is 18.3 Å². The van der Waals surface area contributed by atoms with Crippen molar-refractivity contribution in [3.8, 4) is 0 Å². The van der Waals surface area contributed by atoms with Gasteiger partial charge in [-0.3, -0.25) is 5.10 Å². The van der Waals surface area contributed by atoms with Crippen molar-refractivity contribution in [2.45, 2.75) is 13.0 Å². The molecular weight excluding hydrogens is 162 g/mol. The standard InChI is InChI=1S/C10H11N3/c1-2-10-9(6-12-13-10)8-3-4-11-5-7(1)8/h1-2,6,11H,3-5H2,(H,12,13). The average molecular weight is 173 g/mol. The molecule has 1 aliphatic heterocycles. The summed E-state index contributed by atoms with van der Waals surface area (Å²) in [5.74, 6) is 0. The van der Waals surface area contributed by atoms with Crippen molar-refractivity contribution in [3.63, 3.8) is 0 Å². The number of nitrogens with one attached hydrogen (secondary N) is 2. The molecule has 13 heavy (non-hydrogen) atoms. The minimum absolute atomic E-state index is 0.996. The molecule has 0 bridgehead atoms. The second-order valence-corrected chi connectivity index (χ2v) is 3.46. The van der Waals surface area contributed by atoms with Gasteiger partial charge in [0, 0.05) is 11.9 Å². The van der Waals surface area contributed by atoms with E-state index in [2.05, 4.69) is 27.6 Å². The first-order chi connectivity index (χ1) is 6.45. The Bertz CT molecular complexity index is 444. The lowest BCUT2D eigenvalue weighted by molar-refractivity contribution is 0.647. The molecule has 3 nitrogen and oxygen atoms in total. The molecule has 3 rings (SSSR count). The Morgan fingerprint density at radius 1 is 1.31 bits per heavy atom. The van der Waals surface area contributed by atoms with Gasteiger partial charge in [0.05, 0.1) is 11.7 Å². The maximum Gasteiger partial charge on any atom is 0.0653 e. The highest BCUT2D eigenvalue weighted by Crippen LogP contribution is 2.22. The summed E-state index contributed by atoms with van der Waals surface area (Å²) >= 11 is 0. The monoisotopic (exact) mass is 173 g/mol. The third-order valence-electron chi connectivity index (χ3n) is 2.70. The van der Waals surface area contributed by atoms with Crippen molar-refractivity contribution >= 4 is 10.9 Å². The molecule has 2 aromatic rings. The van der Waals surface area contributed by atoms with Crippen molar-refractivity contribution < 1.29 is 0 Å². The molecule has 0 saturated heterocycles. The summed E-state index contributed by atoms with van der Waals surface area (Å²) in [6.07, 6.45) is 3.05. The predicted molar refractivity (Wildman–Crippen MR) is 51.5 cm³/mol. The maximum absolute atomic E-state index is 4.06. The molecule has 1 aliphatic rings. The number of hydrogen-bond donors (Lipinski definition) is 2. The molecule has 1 aromatic carbocycles. The minimum Gasteiger partial charge on any atom is -0.312 e. The third kappa shape index (κ3) is 0.971. The average Bonchev–Trinajstić information content (AvgIpc) is 2.65. The number of aromatic nitrogens is 2. The Balaban J connectivity index is 2.34. The molecule has 0 spiro atoms. The molecule has 0 fully saturated rings. The van der Waals surface area contributed by atoms with Crippen LogP contribution in [0.1, 0.15) is 11.1 Å². The van der Waals surface area contributed by atoms with E-state index in [0.717, 1.165) is 25.0 Å². The first-order valence-electron chi connectivity index (χ1n) is 4.60. The lowest BCUT2D eigenvalue weighted by atomic mass is 9.98. The van der Waals surface area contributed by atoms with E-state index in [0.29, 0.717) is 0 Å². The number of fused-ring (bicyclic) bond motifs is 3. The molecule has 0 atom stereocenters. The Morgan fingerprint density at radius 2 is 2.31 bits per heavy atom. The van der Waals surface area contributed by atoms with Gasteiger partial charge in [0.25, 0.3) is 0 Å². The van der Waals surface area contributed by atoms with Crippen LogP contribution in [-0.4, -0.2) is 16.7 Å². The first kappa shape index (κ1) is 7.09. The number of nitrogens with zero attached hydrogens (tertiary/aromatic N) is 1. The number of benzene rings is 1. The zero-order valence-corrected chi connectivity index (χ0v) is 7.30. The lowest BCUT2D eigenvalue weighted by Gasteiger charge is -2.17. The molecule has 0 saturated carbocycles. The fraction of sp³-hybridized carbons (Fsp3) is 0.300. The van der Waals surface area contributed by atoms with Crippen molar-refractivity contribution in [2.75, 3.05) is 6.54 Å². The Hall–Kier alpha value is -1.35. The molecule has 66 valence electrons. The summed E-state index contributed by atoms with van der Waals surface area (Å²) < 4.78 is 0. The van der Waals surface area contributed by atoms with Gasteiger partial charge >= 0.3 is 0 Å². The molecular formula is C10H11N3. The minimum atomic E-state index is 0.996. The fourth-order valence-electron chi connectivity index (χ4n) is 2.02. The fourth-order valence-corrected chi connectivity index (χ4v) is 2.02. The number of H-pyrrole nitrogens is 1. The van der Waals surface area contributed by atoms with E-state index in [1.54, 1.807) is 0 Å². The van der Waals surface area contributed by atoms with E-state index < -0.39 is 0 Å². The van der Waals surface area contributed by atoms with Crippen LogP contribution in [0.2, 0.25) is 0 Å². The molecule has 0 aliphatic carbocycles. The zero-order valence-electron chi connectivity index (χ0n) is 7.30. The van der Waals surface area contributed by atoms with E-state index in [1.165, 1.54) is 16.5 Å². The van der Waals surface area contributed by atoms with Gasteiger partial charge in [0.15, 0.2) is 0 Å². The van der Waals surface area contributed by atoms with Gasteiger partial charge < -0.3 is 5.32 Å². The Morgan fingerprint density at radius 3 is 3.31 bits per heavy atom. The number of rotatable bonds is 0. The van der Waals surface area contributed by atoms with Crippen LogP contribution in [0, 0.1) is 0 Å². The van der Waals surface area contributed by atoms with E-state index >= 15 is 0 Å². The highest BCUT2D eigenvalue weighted by Gasteiger charge is 2.11. The SMILES string of the molecule is c1cc2[nH]ncc2c2c1CNCC2. The van der Waals surface area contributed by atoms with E-state index in [9.17, 15) is 0 Å². The van der Waals surface area contributed by atoms with E-state index in [1.807, 2.05) is 6.20 Å².